The highest BCUT2D eigenvalue weighted by Gasteiger charge is 2.60. The summed E-state index contributed by atoms with van der Waals surface area (Å²) in [6.07, 6.45) is -9.88. The molecule has 2 aliphatic heterocycles. The van der Waals surface area contributed by atoms with E-state index in [-0.39, 0.29) is 26.4 Å². The fourth-order valence-electron chi connectivity index (χ4n) is 3.06. The third kappa shape index (κ3) is 7.47. The number of hydrogen-bond acceptors (Lipinski definition) is 10. The van der Waals surface area contributed by atoms with Crippen molar-refractivity contribution in [3.05, 3.63) is 0 Å². The zero-order chi connectivity index (χ0) is 22.9. The number of nitrogens with two attached hydrogens (primary N) is 1. The SMILES string of the molecule is NCCOCCOCCOCCOC[C@@]12CO[C@@H](O1)[C@@H](NC(=O)C(F)(F)F)[C@@H](O)[C@H]2O. The molecule has 2 aliphatic rings. The minimum absolute atomic E-state index is 0.131. The summed E-state index contributed by atoms with van der Waals surface area (Å²) in [5.74, 6) is -2.27. The van der Waals surface area contributed by atoms with Crippen molar-refractivity contribution in [1.29, 1.82) is 0 Å². The molecule has 2 rings (SSSR count). The Morgan fingerprint density at radius 1 is 1.03 bits per heavy atom. The molecule has 0 radical (unpaired) electrons. The van der Waals surface area contributed by atoms with E-state index in [1.807, 2.05) is 0 Å². The third-order valence-corrected chi connectivity index (χ3v) is 4.65. The van der Waals surface area contributed by atoms with E-state index in [0.29, 0.717) is 39.6 Å². The zero-order valence-corrected chi connectivity index (χ0v) is 16.8. The summed E-state index contributed by atoms with van der Waals surface area (Å²) in [6.45, 7) is 2.42. The zero-order valence-electron chi connectivity index (χ0n) is 16.8. The van der Waals surface area contributed by atoms with Crippen molar-refractivity contribution in [3.63, 3.8) is 0 Å². The second-order valence-corrected chi connectivity index (χ2v) is 6.97. The first kappa shape index (κ1) is 26.2. The molecule has 5 atom stereocenters. The molecule has 1 amide bonds. The Kier molecular flexibility index (Phi) is 10.3. The summed E-state index contributed by atoms with van der Waals surface area (Å²) in [5, 5.41) is 22.1. The number of nitrogens with one attached hydrogen (secondary N) is 1. The number of carbonyl (C=O) groups is 1. The lowest BCUT2D eigenvalue weighted by atomic mass is 9.88. The van der Waals surface area contributed by atoms with Crippen LogP contribution in [0.2, 0.25) is 0 Å². The van der Waals surface area contributed by atoms with Gasteiger partial charge in [-0.25, -0.2) is 0 Å². The summed E-state index contributed by atoms with van der Waals surface area (Å²) < 4.78 is 69.2. The van der Waals surface area contributed by atoms with E-state index in [1.54, 1.807) is 5.32 Å². The fraction of sp³-hybridized carbons (Fsp3) is 0.941. The number of aliphatic hydroxyl groups excluding tert-OH is 2. The van der Waals surface area contributed by atoms with E-state index in [9.17, 15) is 28.2 Å². The van der Waals surface area contributed by atoms with Crippen molar-refractivity contribution in [1.82, 2.24) is 5.32 Å². The standard InChI is InChI=1S/C17H29F3N2O9/c18-17(19,20)15(25)22-11-12(23)13(24)16(10-30-14(11)31-16)9-29-8-7-28-6-5-27-4-3-26-2-1-21/h11-14,23-24H,1-10,21H2,(H,22,25)/t11-,12+,13+,14-,16-/m0/s1. The van der Waals surface area contributed by atoms with Gasteiger partial charge in [0.1, 0.15) is 23.9 Å². The van der Waals surface area contributed by atoms with Crippen molar-refractivity contribution in [2.24, 2.45) is 5.73 Å². The average molecular weight is 462 g/mol. The Balaban J connectivity index is 1.64. The number of aliphatic hydroxyl groups is 2. The van der Waals surface area contributed by atoms with Crippen molar-refractivity contribution in [2.75, 3.05) is 66.0 Å². The van der Waals surface area contributed by atoms with Gasteiger partial charge in [-0.05, 0) is 0 Å². The molecule has 0 aromatic carbocycles. The maximum atomic E-state index is 12.5. The molecule has 2 saturated heterocycles. The van der Waals surface area contributed by atoms with Gasteiger partial charge in [-0.2, -0.15) is 13.2 Å². The van der Waals surface area contributed by atoms with Crippen LogP contribution in [0.15, 0.2) is 0 Å². The van der Waals surface area contributed by atoms with Crippen LogP contribution in [0.1, 0.15) is 0 Å². The van der Waals surface area contributed by atoms with Crippen LogP contribution in [0.4, 0.5) is 13.2 Å². The summed E-state index contributed by atoms with van der Waals surface area (Å²) in [5.41, 5.74) is 3.81. The molecule has 0 unspecified atom stereocenters. The van der Waals surface area contributed by atoms with Crippen LogP contribution in [-0.2, 0) is 33.2 Å². The molecule has 2 bridgehead atoms. The second-order valence-electron chi connectivity index (χ2n) is 6.97. The fourth-order valence-corrected chi connectivity index (χ4v) is 3.06. The summed E-state index contributed by atoms with van der Waals surface area (Å²) in [6, 6.07) is -1.58. The van der Waals surface area contributed by atoms with Crippen LogP contribution in [0.3, 0.4) is 0 Å². The Morgan fingerprint density at radius 2 is 1.58 bits per heavy atom. The van der Waals surface area contributed by atoms with Gasteiger partial charge in [0.15, 0.2) is 6.29 Å². The average Bonchev–Trinajstić information content (AvgIpc) is 3.12. The van der Waals surface area contributed by atoms with E-state index in [4.69, 9.17) is 34.2 Å². The Bertz CT molecular complexity index is 557. The predicted molar refractivity (Wildman–Crippen MR) is 95.9 cm³/mol. The van der Waals surface area contributed by atoms with Gasteiger partial charge < -0.3 is 49.7 Å². The lowest BCUT2D eigenvalue weighted by Gasteiger charge is -2.42. The number of hydrogen-bond donors (Lipinski definition) is 4. The topological polar surface area (TPSA) is 151 Å². The van der Waals surface area contributed by atoms with E-state index in [2.05, 4.69) is 0 Å². The molecule has 0 aliphatic carbocycles. The monoisotopic (exact) mass is 462 g/mol. The number of fused-ring (bicyclic) bond motifs is 2. The Morgan fingerprint density at radius 3 is 2.13 bits per heavy atom. The molecular formula is C17H29F3N2O9. The second kappa shape index (κ2) is 12.2. The van der Waals surface area contributed by atoms with Gasteiger partial charge in [0.05, 0.1) is 59.5 Å². The van der Waals surface area contributed by atoms with Gasteiger partial charge in [0.25, 0.3) is 0 Å². The molecule has 2 heterocycles. The third-order valence-electron chi connectivity index (χ3n) is 4.65. The first-order valence-corrected chi connectivity index (χ1v) is 9.75. The van der Waals surface area contributed by atoms with Crippen LogP contribution in [0.5, 0.6) is 0 Å². The number of halogens is 3. The van der Waals surface area contributed by atoms with Crippen molar-refractivity contribution >= 4 is 5.91 Å². The lowest BCUT2D eigenvalue weighted by Crippen LogP contribution is -2.67. The van der Waals surface area contributed by atoms with Gasteiger partial charge in [0, 0.05) is 6.54 Å². The number of rotatable bonds is 14. The molecule has 11 nitrogen and oxygen atoms in total. The van der Waals surface area contributed by atoms with Crippen molar-refractivity contribution < 1.29 is 56.6 Å². The molecule has 14 heteroatoms. The minimum atomic E-state index is -5.15. The highest BCUT2D eigenvalue weighted by Crippen LogP contribution is 2.37. The molecule has 0 saturated carbocycles. The van der Waals surface area contributed by atoms with E-state index >= 15 is 0 Å². The molecule has 0 aromatic rings. The van der Waals surface area contributed by atoms with Gasteiger partial charge in [-0.15, -0.1) is 0 Å². The predicted octanol–water partition coefficient (Wildman–Crippen LogP) is -2.09. The van der Waals surface area contributed by atoms with E-state index in [0.717, 1.165) is 0 Å². The van der Waals surface area contributed by atoms with Gasteiger partial charge >= 0.3 is 12.1 Å². The first-order valence-electron chi connectivity index (χ1n) is 9.75. The first-order chi connectivity index (χ1) is 14.7. The molecule has 0 spiro atoms. The molecule has 0 aromatic heterocycles. The van der Waals surface area contributed by atoms with Gasteiger partial charge in [-0.1, -0.05) is 0 Å². The van der Waals surface area contributed by atoms with Gasteiger partial charge in [-0.3, -0.25) is 4.79 Å². The number of ether oxygens (including phenoxy) is 6. The van der Waals surface area contributed by atoms with Crippen LogP contribution < -0.4 is 11.1 Å². The van der Waals surface area contributed by atoms with Crippen LogP contribution in [0, 0.1) is 0 Å². The Labute approximate surface area is 176 Å². The molecular weight excluding hydrogens is 433 g/mol. The van der Waals surface area contributed by atoms with Crippen molar-refractivity contribution in [3.8, 4) is 0 Å². The van der Waals surface area contributed by atoms with Gasteiger partial charge in [0.2, 0.25) is 0 Å². The highest BCUT2D eigenvalue weighted by molar-refractivity contribution is 5.82. The molecule has 5 N–H and O–H groups in total. The smallest absolute Gasteiger partial charge is 0.388 e. The summed E-state index contributed by atoms with van der Waals surface area (Å²) in [7, 11) is 0. The molecule has 31 heavy (non-hydrogen) atoms. The summed E-state index contributed by atoms with van der Waals surface area (Å²) in [4.78, 5) is 11.1. The van der Waals surface area contributed by atoms with Crippen LogP contribution in [-0.4, -0.2) is 118 Å². The summed E-state index contributed by atoms with van der Waals surface area (Å²) >= 11 is 0. The van der Waals surface area contributed by atoms with Crippen LogP contribution in [0.25, 0.3) is 0 Å². The van der Waals surface area contributed by atoms with Crippen molar-refractivity contribution in [2.45, 2.75) is 36.3 Å². The number of amides is 1. The lowest BCUT2D eigenvalue weighted by molar-refractivity contribution is -0.240. The largest absolute Gasteiger partial charge is 0.471 e. The molecule has 182 valence electrons. The quantitative estimate of drug-likeness (QED) is 0.212. The molecule has 2 fully saturated rings. The minimum Gasteiger partial charge on any atom is -0.388 e. The maximum Gasteiger partial charge on any atom is 0.471 e. The highest BCUT2D eigenvalue weighted by atomic mass is 19.4. The van der Waals surface area contributed by atoms with E-state index < -0.39 is 42.2 Å². The maximum absolute atomic E-state index is 12.5. The Hall–Kier alpha value is -1.10. The number of alkyl halides is 3. The normalized spacial score (nSPS) is 30.5. The van der Waals surface area contributed by atoms with Crippen LogP contribution >= 0.6 is 0 Å². The van der Waals surface area contributed by atoms with E-state index in [1.165, 1.54) is 0 Å². The number of carbonyl (C=O) groups excluding carboxylic acids is 1.